The molecule has 2 aliphatic rings. The van der Waals surface area contributed by atoms with Crippen molar-refractivity contribution in [3.8, 4) is 11.8 Å². The summed E-state index contributed by atoms with van der Waals surface area (Å²) in [5.41, 5.74) is 2.14. The number of ether oxygens (including phenoxy) is 2. The summed E-state index contributed by atoms with van der Waals surface area (Å²) in [6, 6.07) is 21.4. The number of carbonyl (C=O) groups is 2. The number of nitriles is 1. The van der Waals surface area contributed by atoms with E-state index in [2.05, 4.69) is 22.0 Å². The highest BCUT2D eigenvalue weighted by molar-refractivity contribution is 9.10. The summed E-state index contributed by atoms with van der Waals surface area (Å²) in [4.78, 5) is 32.4. The average molecular weight is 601 g/mol. The second-order valence-corrected chi connectivity index (χ2v) is 10.9. The summed E-state index contributed by atoms with van der Waals surface area (Å²) in [5, 5.41) is 10.9. The van der Waals surface area contributed by atoms with E-state index in [9.17, 15) is 14.9 Å². The molecule has 3 aromatic rings. The summed E-state index contributed by atoms with van der Waals surface area (Å²) in [5.74, 6) is -1.06. The molecule has 0 spiro atoms. The first-order valence-electron chi connectivity index (χ1n) is 13.1. The number of nitrogens with zero attached hydrogens (tertiary/aromatic N) is 3. The van der Waals surface area contributed by atoms with Gasteiger partial charge in [0.05, 0.1) is 30.3 Å². The SMILES string of the molecule is CCOC(=O)[C@]1(C#N)[C@H](c2ccc(N(C)C)cc2)[C@H](C(=O)c2ccc(OC)c(Br)c2)N2c3ccccc3C=C[C@H]21. The van der Waals surface area contributed by atoms with Gasteiger partial charge in [0.1, 0.15) is 11.8 Å². The topological polar surface area (TPSA) is 82.9 Å². The number of hydrogen-bond donors (Lipinski definition) is 0. The van der Waals surface area contributed by atoms with Crippen molar-refractivity contribution in [2.24, 2.45) is 5.41 Å². The Morgan fingerprint density at radius 3 is 2.45 bits per heavy atom. The number of benzene rings is 3. The van der Waals surface area contributed by atoms with Crippen molar-refractivity contribution in [3.63, 3.8) is 0 Å². The van der Waals surface area contributed by atoms with Crippen molar-refractivity contribution >= 4 is 45.1 Å². The van der Waals surface area contributed by atoms with Gasteiger partial charge in [0.2, 0.25) is 0 Å². The van der Waals surface area contributed by atoms with Gasteiger partial charge < -0.3 is 19.3 Å². The van der Waals surface area contributed by atoms with Crippen molar-refractivity contribution in [1.29, 1.82) is 5.26 Å². The maximum atomic E-state index is 14.6. The van der Waals surface area contributed by atoms with Crippen molar-refractivity contribution in [2.45, 2.75) is 24.9 Å². The van der Waals surface area contributed by atoms with Crippen LogP contribution in [0.5, 0.6) is 5.75 Å². The van der Waals surface area contributed by atoms with Crippen LogP contribution >= 0.6 is 15.9 Å². The Kier molecular flexibility index (Phi) is 7.43. The Labute approximate surface area is 242 Å². The Morgan fingerprint density at radius 2 is 1.82 bits per heavy atom. The molecule has 2 heterocycles. The van der Waals surface area contributed by atoms with Gasteiger partial charge in [-0.05, 0) is 70.4 Å². The van der Waals surface area contributed by atoms with Crippen LogP contribution in [0, 0.1) is 16.7 Å². The van der Waals surface area contributed by atoms with Crippen LogP contribution in [0.1, 0.15) is 34.3 Å². The minimum atomic E-state index is -1.68. The number of methoxy groups -OCH3 is 1. The molecule has 0 bridgehead atoms. The van der Waals surface area contributed by atoms with Gasteiger partial charge in [-0.25, -0.2) is 0 Å². The van der Waals surface area contributed by atoms with Crippen LogP contribution in [-0.4, -0.2) is 51.6 Å². The van der Waals surface area contributed by atoms with Crippen LogP contribution in [-0.2, 0) is 9.53 Å². The number of anilines is 2. The first-order chi connectivity index (χ1) is 19.3. The van der Waals surface area contributed by atoms with E-state index in [1.807, 2.05) is 84.6 Å². The van der Waals surface area contributed by atoms with Crippen LogP contribution in [0.4, 0.5) is 11.4 Å². The number of hydrogen-bond acceptors (Lipinski definition) is 7. The Bertz CT molecular complexity index is 1530. The highest BCUT2D eigenvalue weighted by atomic mass is 79.9. The predicted octanol–water partition coefficient (Wildman–Crippen LogP) is 5.85. The number of fused-ring (bicyclic) bond motifs is 3. The lowest BCUT2D eigenvalue weighted by molar-refractivity contribution is -0.152. The number of carbonyl (C=O) groups excluding carboxylic acids is 2. The number of halogens is 1. The standard InChI is InChI=1S/C32H30BrN3O4/c1-5-40-31(38)32(19-34)27-17-13-20-8-6-7-9-25(20)36(27)29(28(32)21-10-14-23(15-11-21)35(2)3)30(37)22-12-16-26(39-4)24(33)18-22/h6-18,27-29H,5H2,1-4H3/t27-,28+,29+,32-/m0/s1. The van der Waals surface area contributed by atoms with Gasteiger partial charge in [0.15, 0.2) is 11.2 Å². The van der Waals surface area contributed by atoms with Crippen LogP contribution in [0.25, 0.3) is 6.08 Å². The Morgan fingerprint density at radius 1 is 1.10 bits per heavy atom. The number of para-hydroxylation sites is 1. The van der Waals surface area contributed by atoms with E-state index in [0.29, 0.717) is 21.3 Å². The highest BCUT2D eigenvalue weighted by Crippen LogP contribution is 2.56. The van der Waals surface area contributed by atoms with E-state index in [1.54, 1.807) is 32.2 Å². The summed E-state index contributed by atoms with van der Waals surface area (Å²) in [6.45, 7) is 1.84. The third-order valence-electron chi connectivity index (χ3n) is 7.82. The molecule has 0 aliphatic carbocycles. The molecule has 1 saturated heterocycles. The third kappa shape index (κ3) is 4.25. The van der Waals surface area contributed by atoms with Crippen LogP contribution in [0.2, 0.25) is 0 Å². The fraction of sp³-hybridized carbons (Fsp3) is 0.281. The molecular formula is C32H30BrN3O4. The Balaban J connectivity index is 1.78. The van der Waals surface area contributed by atoms with Crippen molar-refractivity contribution in [3.05, 3.63) is 94.0 Å². The fourth-order valence-corrected chi connectivity index (χ4v) is 6.50. The van der Waals surface area contributed by atoms with Gasteiger partial charge >= 0.3 is 5.97 Å². The van der Waals surface area contributed by atoms with E-state index >= 15 is 0 Å². The maximum absolute atomic E-state index is 14.6. The zero-order valence-corrected chi connectivity index (χ0v) is 24.4. The zero-order chi connectivity index (χ0) is 28.6. The molecule has 0 unspecified atom stereocenters. The molecule has 1 fully saturated rings. The molecule has 4 atom stereocenters. The van der Waals surface area contributed by atoms with Crippen LogP contribution in [0.3, 0.4) is 0 Å². The van der Waals surface area contributed by atoms with E-state index in [-0.39, 0.29) is 12.4 Å². The van der Waals surface area contributed by atoms with E-state index in [1.165, 1.54) is 0 Å². The largest absolute Gasteiger partial charge is 0.496 e. The first-order valence-corrected chi connectivity index (χ1v) is 13.9. The molecular weight excluding hydrogens is 570 g/mol. The van der Waals surface area contributed by atoms with E-state index in [4.69, 9.17) is 9.47 Å². The van der Waals surface area contributed by atoms with Crippen molar-refractivity contribution in [2.75, 3.05) is 37.6 Å². The molecule has 8 heteroatoms. The number of esters is 1. The quantitative estimate of drug-likeness (QED) is 0.249. The average Bonchev–Trinajstić information content (AvgIpc) is 3.28. The van der Waals surface area contributed by atoms with Gasteiger partial charge in [-0.1, -0.05) is 42.5 Å². The zero-order valence-electron chi connectivity index (χ0n) is 22.8. The van der Waals surface area contributed by atoms with Gasteiger partial charge in [0, 0.05) is 37.0 Å². The lowest BCUT2D eigenvalue weighted by atomic mass is 9.68. The lowest BCUT2D eigenvalue weighted by Gasteiger charge is -2.36. The number of rotatable bonds is 7. The van der Waals surface area contributed by atoms with E-state index in [0.717, 1.165) is 16.9 Å². The van der Waals surface area contributed by atoms with Crippen molar-refractivity contribution in [1.82, 2.24) is 0 Å². The summed E-state index contributed by atoms with van der Waals surface area (Å²) >= 11 is 3.51. The van der Waals surface area contributed by atoms with E-state index < -0.39 is 29.4 Å². The lowest BCUT2D eigenvalue weighted by Crippen LogP contribution is -2.47. The molecule has 204 valence electrons. The molecule has 0 amide bonds. The molecule has 40 heavy (non-hydrogen) atoms. The van der Waals surface area contributed by atoms with Crippen molar-refractivity contribution < 1.29 is 19.1 Å². The van der Waals surface area contributed by atoms with Gasteiger partial charge in [-0.2, -0.15) is 5.26 Å². The third-order valence-corrected chi connectivity index (χ3v) is 8.44. The molecule has 2 aliphatic heterocycles. The summed E-state index contributed by atoms with van der Waals surface area (Å²) in [7, 11) is 5.45. The smallest absolute Gasteiger partial charge is 0.329 e. The van der Waals surface area contributed by atoms with Gasteiger partial charge in [-0.15, -0.1) is 0 Å². The molecule has 0 N–H and O–H groups in total. The molecule has 0 aromatic heterocycles. The van der Waals surface area contributed by atoms with Gasteiger partial charge in [0.25, 0.3) is 0 Å². The van der Waals surface area contributed by atoms with Gasteiger partial charge in [-0.3, -0.25) is 9.59 Å². The van der Waals surface area contributed by atoms with Crippen LogP contribution < -0.4 is 14.5 Å². The number of ketones is 1. The Hall–Kier alpha value is -4.09. The fourth-order valence-electron chi connectivity index (χ4n) is 5.96. The maximum Gasteiger partial charge on any atom is 0.329 e. The minimum Gasteiger partial charge on any atom is -0.496 e. The predicted molar refractivity (Wildman–Crippen MR) is 159 cm³/mol. The van der Waals surface area contributed by atoms with Crippen LogP contribution in [0.15, 0.2) is 77.3 Å². The second-order valence-electron chi connectivity index (χ2n) is 10.1. The molecule has 0 radical (unpaired) electrons. The minimum absolute atomic E-state index is 0.117. The highest BCUT2D eigenvalue weighted by Gasteiger charge is 2.67. The first kappa shape index (κ1) is 27.5. The summed E-state index contributed by atoms with van der Waals surface area (Å²) in [6.07, 6.45) is 3.78. The number of Topliss-reactive ketones (excluding diaryl/α,β-unsaturated/α-hetero) is 1. The summed E-state index contributed by atoms with van der Waals surface area (Å²) < 4.78 is 11.6. The normalized spacial score (nSPS) is 22.6. The second kappa shape index (κ2) is 10.8. The molecule has 5 rings (SSSR count). The molecule has 3 aromatic carbocycles. The molecule has 7 nitrogen and oxygen atoms in total. The molecule has 0 saturated carbocycles. The monoisotopic (exact) mass is 599 g/mol.